The van der Waals surface area contributed by atoms with Crippen LogP contribution in [0.1, 0.15) is 23.5 Å². The molecule has 1 aromatic heterocycles. The standard InChI is InChI=1S/C7H7N3O2/c1-5(4-8)10-3-2-6(9-10)7(11)12/h2-3,5H,1H3,(H,11,12). The summed E-state index contributed by atoms with van der Waals surface area (Å²) in [6, 6.07) is 2.87. The predicted molar refractivity (Wildman–Crippen MR) is 39.5 cm³/mol. The molecule has 1 aromatic rings. The van der Waals surface area contributed by atoms with Crippen LogP contribution in [-0.2, 0) is 0 Å². The van der Waals surface area contributed by atoms with Crippen LogP contribution < -0.4 is 0 Å². The number of nitriles is 1. The summed E-state index contributed by atoms with van der Waals surface area (Å²) in [6.45, 7) is 1.64. The fraction of sp³-hybridized carbons (Fsp3) is 0.286. The van der Waals surface area contributed by atoms with Crippen LogP contribution in [0, 0.1) is 11.3 Å². The number of hydrogen-bond acceptors (Lipinski definition) is 3. The molecule has 0 fully saturated rings. The second-order valence-electron chi connectivity index (χ2n) is 2.29. The zero-order valence-corrected chi connectivity index (χ0v) is 6.43. The highest BCUT2D eigenvalue weighted by atomic mass is 16.4. The number of rotatable bonds is 2. The van der Waals surface area contributed by atoms with Crippen molar-refractivity contribution in [1.29, 1.82) is 5.26 Å². The lowest BCUT2D eigenvalue weighted by Gasteiger charge is -1.99. The first-order valence-corrected chi connectivity index (χ1v) is 3.33. The Morgan fingerprint density at radius 2 is 2.58 bits per heavy atom. The minimum absolute atomic E-state index is 0.0444. The van der Waals surface area contributed by atoms with Crippen LogP contribution in [0.5, 0.6) is 0 Å². The van der Waals surface area contributed by atoms with Crippen LogP contribution >= 0.6 is 0 Å². The van der Waals surface area contributed by atoms with E-state index in [9.17, 15) is 4.79 Å². The number of hydrogen-bond donors (Lipinski definition) is 1. The van der Waals surface area contributed by atoms with Gasteiger partial charge in [-0.25, -0.2) is 4.79 Å². The molecule has 1 N–H and O–H groups in total. The molecule has 1 unspecified atom stereocenters. The minimum Gasteiger partial charge on any atom is -0.476 e. The Balaban J connectivity index is 2.93. The lowest BCUT2D eigenvalue weighted by atomic mass is 10.4. The molecule has 1 heterocycles. The third kappa shape index (κ3) is 1.42. The Morgan fingerprint density at radius 3 is 3.00 bits per heavy atom. The van der Waals surface area contributed by atoms with Gasteiger partial charge in [0, 0.05) is 6.20 Å². The maximum absolute atomic E-state index is 10.4. The number of carboxylic acids is 1. The molecule has 0 saturated heterocycles. The topological polar surface area (TPSA) is 78.9 Å². The smallest absolute Gasteiger partial charge is 0.356 e. The molecule has 0 bridgehead atoms. The van der Waals surface area contributed by atoms with Gasteiger partial charge in [0.15, 0.2) is 5.69 Å². The molecule has 5 nitrogen and oxygen atoms in total. The molecule has 1 rings (SSSR count). The highest BCUT2D eigenvalue weighted by molar-refractivity contribution is 5.85. The molecule has 0 aliphatic rings. The van der Waals surface area contributed by atoms with Crippen molar-refractivity contribution in [1.82, 2.24) is 9.78 Å². The van der Waals surface area contributed by atoms with Crippen molar-refractivity contribution in [2.75, 3.05) is 0 Å². The Labute approximate surface area is 68.8 Å². The molecule has 0 radical (unpaired) electrons. The first kappa shape index (κ1) is 8.27. The molecule has 62 valence electrons. The SMILES string of the molecule is CC(C#N)n1ccc(C(=O)O)n1. The Morgan fingerprint density at radius 1 is 1.92 bits per heavy atom. The summed E-state index contributed by atoms with van der Waals surface area (Å²) >= 11 is 0. The normalized spacial score (nSPS) is 12.0. The second-order valence-corrected chi connectivity index (χ2v) is 2.29. The molecule has 0 amide bonds. The molecule has 0 spiro atoms. The molecule has 5 heteroatoms. The van der Waals surface area contributed by atoms with E-state index in [1.54, 1.807) is 6.92 Å². The Hall–Kier alpha value is -1.83. The van der Waals surface area contributed by atoms with Crippen molar-refractivity contribution in [3.63, 3.8) is 0 Å². The average Bonchev–Trinajstić information content (AvgIpc) is 2.51. The van der Waals surface area contributed by atoms with E-state index in [2.05, 4.69) is 5.10 Å². The molecule has 0 aromatic carbocycles. The van der Waals surface area contributed by atoms with E-state index in [1.807, 2.05) is 6.07 Å². The average molecular weight is 165 g/mol. The van der Waals surface area contributed by atoms with Gasteiger partial charge in [0.25, 0.3) is 0 Å². The summed E-state index contributed by atoms with van der Waals surface area (Å²) in [5.41, 5.74) is -0.0444. The lowest BCUT2D eigenvalue weighted by Crippen LogP contribution is -2.05. The van der Waals surface area contributed by atoms with Gasteiger partial charge in [-0.3, -0.25) is 4.68 Å². The maximum atomic E-state index is 10.4. The Bertz CT molecular complexity index is 337. The van der Waals surface area contributed by atoms with Gasteiger partial charge in [-0.05, 0) is 13.0 Å². The van der Waals surface area contributed by atoms with E-state index < -0.39 is 12.0 Å². The molecule has 0 aliphatic carbocycles. The third-order valence-electron chi connectivity index (χ3n) is 1.41. The summed E-state index contributed by atoms with van der Waals surface area (Å²) in [6.07, 6.45) is 1.47. The summed E-state index contributed by atoms with van der Waals surface area (Å²) < 4.78 is 1.31. The van der Waals surface area contributed by atoms with Crippen molar-refractivity contribution in [2.45, 2.75) is 13.0 Å². The van der Waals surface area contributed by atoms with E-state index in [0.29, 0.717) is 0 Å². The van der Waals surface area contributed by atoms with Gasteiger partial charge in [0.05, 0.1) is 6.07 Å². The first-order chi connectivity index (χ1) is 5.65. The van der Waals surface area contributed by atoms with E-state index in [4.69, 9.17) is 10.4 Å². The maximum Gasteiger partial charge on any atom is 0.356 e. The first-order valence-electron chi connectivity index (χ1n) is 3.33. The van der Waals surface area contributed by atoms with Crippen LogP contribution in [0.15, 0.2) is 12.3 Å². The van der Waals surface area contributed by atoms with Crippen LogP contribution in [0.3, 0.4) is 0 Å². The fourth-order valence-corrected chi connectivity index (χ4v) is 0.727. The van der Waals surface area contributed by atoms with Gasteiger partial charge in [-0.2, -0.15) is 10.4 Å². The molecule has 1 atom stereocenters. The third-order valence-corrected chi connectivity index (χ3v) is 1.41. The van der Waals surface area contributed by atoms with E-state index in [-0.39, 0.29) is 5.69 Å². The summed E-state index contributed by atoms with van der Waals surface area (Å²) in [5, 5.41) is 20.6. The highest BCUT2D eigenvalue weighted by Crippen LogP contribution is 2.03. The number of aromatic nitrogens is 2. The zero-order chi connectivity index (χ0) is 9.14. The van der Waals surface area contributed by atoms with E-state index in [0.717, 1.165) is 0 Å². The molecular weight excluding hydrogens is 158 g/mol. The van der Waals surface area contributed by atoms with Crippen LogP contribution in [-0.4, -0.2) is 20.9 Å². The van der Waals surface area contributed by atoms with Gasteiger partial charge < -0.3 is 5.11 Å². The van der Waals surface area contributed by atoms with E-state index >= 15 is 0 Å². The fourth-order valence-electron chi connectivity index (χ4n) is 0.727. The van der Waals surface area contributed by atoms with Crippen molar-refractivity contribution in [3.8, 4) is 6.07 Å². The van der Waals surface area contributed by atoms with Crippen molar-refractivity contribution in [2.24, 2.45) is 0 Å². The van der Waals surface area contributed by atoms with E-state index in [1.165, 1.54) is 16.9 Å². The monoisotopic (exact) mass is 165 g/mol. The lowest BCUT2D eigenvalue weighted by molar-refractivity contribution is 0.0689. The van der Waals surface area contributed by atoms with Crippen LogP contribution in [0.2, 0.25) is 0 Å². The molecular formula is C7H7N3O2. The van der Waals surface area contributed by atoms with Gasteiger partial charge in [-0.15, -0.1) is 0 Å². The number of aromatic carboxylic acids is 1. The van der Waals surface area contributed by atoms with Crippen molar-refractivity contribution in [3.05, 3.63) is 18.0 Å². The summed E-state index contributed by atoms with van der Waals surface area (Å²) in [7, 11) is 0. The van der Waals surface area contributed by atoms with Gasteiger partial charge in [0.2, 0.25) is 0 Å². The Kier molecular flexibility index (Phi) is 2.10. The van der Waals surface area contributed by atoms with Crippen LogP contribution in [0.4, 0.5) is 0 Å². The summed E-state index contributed by atoms with van der Waals surface area (Å²) in [4.78, 5) is 10.4. The predicted octanol–water partition coefficient (Wildman–Crippen LogP) is 0.666. The second kappa shape index (κ2) is 3.05. The van der Waals surface area contributed by atoms with Crippen LogP contribution in [0.25, 0.3) is 0 Å². The number of carbonyl (C=O) groups is 1. The van der Waals surface area contributed by atoms with Gasteiger partial charge in [-0.1, -0.05) is 0 Å². The molecule has 0 saturated carbocycles. The number of carboxylic acid groups (broad SMARTS) is 1. The highest BCUT2D eigenvalue weighted by Gasteiger charge is 2.09. The molecule has 0 aliphatic heterocycles. The molecule has 12 heavy (non-hydrogen) atoms. The zero-order valence-electron chi connectivity index (χ0n) is 6.43. The van der Waals surface area contributed by atoms with Gasteiger partial charge >= 0.3 is 5.97 Å². The number of nitrogens with zero attached hydrogens (tertiary/aromatic N) is 3. The quantitative estimate of drug-likeness (QED) is 0.698. The largest absolute Gasteiger partial charge is 0.476 e. The summed E-state index contributed by atoms with van der Waals surface area (Å²) in [5.74, 6) is -1.08. The minimum atomic E-state index is -1.08. The van der Waals surface area contributed by atoms with Crippen molar-refractivity contribution < 1.29 is 9.90 Å². The van der Waals surface area contributed by atoms with Crippen molar-refractivity contribution >= 4 is 5.97 Å². The van der Waals surface area contributed by atoms with Gasteiger partial charge in [0.1, 0.15) is 6.04 Å².